The number of nitrogens with zero attached hydrogens (tertiary/aromatic N) is 2. The van der Waals surface area contributed by atoms with Crippen molar-refractivity contribution in [1.29, 1.82) is 0 Å². The smallest absolute Gasteiger partial charge is 0.146 e. The van der Waals surface area contributed by atoms with Gasteiger partial charge in [0.1, 0.15) is 23.8 Å². The van der Waals surface area contributed by atoms with Crippen molar-refractivity contribution >= 4 is 21.6 Å². The number of aromatic hydroxyl groups is 1. The first-order valence-electron chi connectivity index (χ1n) is 5.39. The Bertz CT molecular complexity index is 581. The molecule has 6 heteroatoms. The predicted molar refractivity (Wildman–Crippen MR) is 72.5 cm³/mol. The van der Waals surface area contributed by atoms with E-state index in [-0.39, 0.29) is 11.4 Å². The molecule has 1 aromatic carbocycles. The molecule has 1 aromatic heterocycles. The first kappa shape index (κ1) is 12.8. The number of hydrogen-bond acceptors (Lipinski definition) is 4. The monoisotopic (exact) mass is 311 g/mol. The van der Waals surface area contributed by atoms with Gasteiger partial charge in [-0.1, -0.05) is 6.07 Å². The zero-order chi connectivity index (χ0) is 13.3. The molecule has 0 unspecified atom stereocenters. The number of rotatable bonds is 3. The number of benzene rings is 1. The molecule has 2 rings (SSSR count). The number of nitrogens with two attached hydrogens (primary N) is 1. The van der Waals surface area contributed by atoms with Crippen molar-refractivity contribution in [3.05, 3.63) is 34.1 Å². The molecule has 0 atom stereocenters. The minimum Gasteiger partial charge on any atom is -0.506 e. The molecular formula is C12H14BrN3O2. The van der Waals surface area contributed by atoms with E-state index in [0.29, 0.717) is 12.4 Å². The van der Waals surface area contributed by atoms with Gasteiger partial charge in [-0.05, 0) is 35.0 Å². The van der Waals surface area contributed by atoms with E-state index in [9.17, 15) is 5.11 Å². The fourth-order valence-corrected chi connectivity index (χ4v) is 2.09. The second kappa shape index (κ2) is 4.89. The molecule has 96 valence electrons. The molecule has 2 aromatic rings. The molecule has 0 spiro atoms. The number of nitrogen functional groups attached to an aromatic ring is 1. The van der Waals surface area contributed by atoms with Crippen LogP contribution in [0, 0.1) is 6.92 Å². The van der Waals surface area contributed by atoms with Crippen LogP contribution in [0.15, 0.2) is 22.7 Å². The third-order valence-electron chi connectivity index (χ3n) is 2.67. The van der Waals surface area contributed by atoms with Gasteiger partial charge in [-0.3, -0.25) is 4.68 Å². The van der Waals surface area contributed by atoms with Crippen LogP contribution in [-0.2, 0) is 13.7 Å². The van der Waals surface area contributed by atoms with E-state index >= 15 is 0 Å². The second-order valence-electron chi connectivity index (χ2n) is 3.95. The summed E-state index contributed by atoms with van der Waals surface area (Å²) in [5.74, 6) is 0.480. The van der Waals surface area contributed by atoms with E-state index < -0.39 is 0 Å². The molecule has 0 saturated heterocycles. The van der Waals surface area contributed by atoms with Crippen LogP contribution in [0.5, 0.6) is 11.5 Å². The van der Waals surface area contributed by atoms with Gasteiger partial charge in [-0.25, -0.2) is 0 Å². The van der Waals surface area contributed by atoms with E-state index in [0.717, 1.165) is 15.9 Å². The third kappa shape index (κ3) is 2.28. The van der Waals surface area contributed by atoms with Crippen LogP contribution >= 0.6 is 15.9 Å². The summed E-state index contributed by atoms with van der Waals surface area (Å²) in [4.78, 5) is 0. The highest BCUT2D eigenvalue weighted by Crippen LogP contribution is 2.31. The highest BCUT2D eigenvalue weighted by atomic mass is 79.9. The highest BCUT2D eigenvalue weighted by Gasteiger charge is 2.12. The summed E-state index contributed by atoms with van der Waals surface area (Å²) in [6.45, 7) is 2.24. The lowest BCUT2D eigenvalue weighted by molar-refractivity contribution is 0.294. The van der Waals surface area contributed by atoms with Gasteiger partial charge in [0.2, 0.25) is 0 Å². The molecule has 0 bridgehead atoms. The van der Waals surface area contributed by atoms with Crippen LogP contribution in [0.25, 0.3) is 0 Å². The molecule has 0 fully saturated rings. The van der Waals surface area contributed by atoms with E-state index in [1.807, 2.05) is 14.0 Å². The van der Waals surface area contributed by atoms with Gasteiger partial charge in [0.25, 0.3) is 0 Å². The van der Waals surface area contributed by atoms with Crippen molar-refractivity contribution in [3.63, 3.8) is 0 Å². The number of aromatic nitrogens is 2. The zero-order valence-corrected chi connectivity index (χ0v) is 11.7. The Morgan fingerprint density at radius 2 is 2.22 bits per heavy atom. The zero-order valence-electron chi connectivity index (χ0n) is 10.1. The molecule has 0 amide bonds. The molecular weight excluding hydrogens is 298 g/mol. The number of halogens is 1. The number of hydrogen-bond donors (Lipinski definition) is 2. The van der Waals surface area contributed by atoms with Gasteiger partial charge in [0.15, 0.2) is 0 Å². The van der Waals surface area contributed by atoms with Crippen LogP contribution in [0.3, 0.4) is 0 Å². The van der Waals surface area contributed by atoms with Crippen LogP contribution in [0.2, 0.25) is 0 Å². The van der Waals surface area contributed by atoms with Gasteiger partial charge in [-0.15, -0.1) is 0 Å². The maximum absolute atomic E-state index is 9.48. The number of ether oxygens (including phenoxy) is 1. The standard InChI is InChI=1S/C12H14BrN3O2/c1-7-11(13)8(16(2)15-7)6-18-10-5-3-4-9(17)12(10)14/h3-5,17H,6,14H2,1-2H3. The van der Waals surface area contributed by atoms with E-state index in [1.165, 1.54) is 6.07 Å². The minimum atomic E-state index is 0.0211. The molecule has 3 N–H and O–H groups in total. The van der Waals surface area contributed by atoms with Crippen molar-refractivity contribution in [2.24, 2.45) is 7.05 Å². The summed E-state index contributed by atoms with van der Waals surface area (Å²) < 4.78 is 8.27. The van der Waals surface area contributed by atoms with Crippen LogP contribution < -0.4 is 10.5 Å². The number of phenols is 1. The summed E-state index contributed by atoms with van der Waals surface area (Å²) in [7, 11) is 1.85. The van der Waals surface area contributed by atoms with Gasteiger partial charge in [-0.2, -0.15) is 5.10 Å². The number of anilines is 1. The van der Waals surface area contributed by atoms with Gasteiger partial charge < -0.3 is 15.6 Å². The molecule has 0 aliphatic carbocycles. The second-order valence-corrected chi connectivity index (χ2v) is 4.74. The number of phenolic OH excluding ortho intramolecular Hbond substituents is 1. The van der Waals surface area contributed by atoms with Crippen LogP contribution in [-0.4, -0.2) is 14.9 Å². The predicted octanol–water partition coefficient (Wildman–Crippen LogP) is 2.36. The SMILES string of the molecule is Cc1nn(C)c(COc2cccc(O)c2N)c1Br. The fourth-order valence-electron chi connectivity index (χ4n) is 1.64. The molecule has 5 nitrogen and oxygen atoms in total. The fraction of sp³-hybridized carbons (Fsp3) is 0.250. The molecule has 0 aliphatic heterocycles. The topological polar surface area (TPSA) is 73.3 Å². The van der Waals surface area contributed by atoms with E-state index in [1.54, 1.807) is 16.8 Å². The summed E-state index contributed by atoms with van der Waals surface area (Å²) in [5, 5.41) is 13.8. The average molecular weight is 312 g/mol. The minimum absolute atomic E-state index is 0.0211. The van der Waals surface area contributed by atoms with E-state index in [4.69, 9.17) is 10.5 Å². The maximum atomic E-state index is 9.48. The Morgan fingerprint density at radius 3 is 2.83 bits per heavy atom. The molecule has 18 heavy (non-hydrogen) atoms. The van der Waals surface area contributed by atoms with Crippen LogP contribution in [0.1, 0.15) is 11.4 Å². The Morgan fingerprint density at radius 1 is 1.50 bits per heavy atom. The molecule has 1 heterocycles. The lowest BCUT2D eigenvalue weighted by Crippen LogP contribution is -2.05. The molecule has 0 radical (unpaired) electrons. The Kier molecular flexibility index (Phi) is 3.47. The highest BCUT2D eigenvalue weighted by molar-refractivity contribution is 9.10. The Labute approximate surface area is 113 Å². The first-order valence-corrected chi connectivity index (χ1v) is 6.18. The van der Waals surface area contributed by atoms with Gasteiger partial charge in [0.05, 0.1) is 15.9 Å². The Hall–Kier alpha value is -1.69. The first-order chi connectivity index (χ1) is 8.50. The van der Waals surface area contributed by atoms with Crippen molar-refractivity contribution in [3.8, 4) is 11.5 Å². The number of aryl methyl sites for hydroxylation is 2. The summed E-state index contributed by atoms with van der Waals surface area (Å²) in [6.07, 6.45) is 0. The summed E-state index contributed by atoms with van der Waals surface area (Å²) in [5.41, 5.74) is 7.78. The summed E-state index contributed by atoms with van der Waals surface area (Å²) >= 11 is 3.46. The normalized spacial score (nSPS) is 10.6. The van der Waals surface area contributed by atoms with Crippen molar-refractivity contribution in [1.82, 2.24) is 9.78 Å². The largest absolute Gasteiger partial charge is 0.506 e. The quantitative estimate of drug-likeness (QED) is 0.674. The Balaban J connectivity index is 2.19. The lowest BCUT2D eigenvalue weighted by Gasteiger charge is -2.10. The maximum Gasteiger partial charge on any atom is 0.146 e. The molecule has 0 saturated carbocycles. The average Bonchev–Trinajstić information content (AvgIpc) is 2.56. The van der Waals surface area contributed by atoms with Gasteiger partial charge >= 0.3 is 0 Å². The summed E-state index contributed by atoms with van der Waals surface area (Å²) in [6, 6.07) is 4.92. The number of para-hydroxylation sites is 1. The van der Waals surface area contributed by atoms with Crippen LogP contribution in [0.4, 0.5) is 5.69 Å². The van der Waals surface area contributed by atoms with E-state index in [2.05, 4.69) is 21.0 Å². The van der Waals surface area contributed by atoms with Crippen molar-refractivity contribution < 1.29 is 9.84 Å². The molecule has 0 aliphatic rings. The lowest BCUT2D eigenvalue weighted by atomic mass is 10.3. The van der Waals surface area contributed by atoms with Gasteiger partial charge in [0, 0.05) is 7.05 Å². The van der Waals surface area contributed by atoms with Crippen molar-refractivity contribution in [2.45, 2.75) is 13.5 Å². The third-order valence-corrected chi connectivity index (χ3v) is 3.70. The van der Waals surface area contributed by atoms with Crippen molar-refractivity contribution in [2.75, 3.05) is 5.73 Å².